The molecular formula is C14H10BrNO4S. The van der Waals surface area contributed by atoms with E-state index in [4.69, 9.17) is 4.74 Å². The van der Waals surface area contributed by atoms with Gasteiger partial charge in [-0.2, -0.15) is 0 Å². The fourth-order valence-electron chi connectivity index (χ4n) is 2.12. The molecule has 0 radical (unpaired) electrons. The van der Waals surface area contributed by atoms with E-state index in [1.54, 1.807) is 35.7 Å². The van der Waals surface area contributed by atoms with Crippen LogP contribution in [0.15, 0.2) is 40.2 Å². The van der Waals surface area contributed by atoms with E-state index in [1.807, 2.05) is 0 Å². The largest absolute Gasteiger partial charge is 0.478 e. The number of carbonyl (C=O) groups excluding carboxylic acids is 1. The summed E-state index contributed by atoms with van der Waals surface area (Å²) >= 11 is 4.64. The number of hydrogen-bond donors (Lipinski definition) is 1. The minimum absolute atomic E-state index is 0.0183. The SMILES string of the molecule is O=C(O)C1CN(C(=O)c2sccc2Br)c2ccccc2O1. The Labute approximate surface area is 132 Å². The van der Waals surface area contributed by atoms with Gasteiger partial charge in [-0.25, -0.2) is 4.79 Å². The van der Waals surface area contributed by atoms with Crippen molar-refractivity contribution in [3.05, 3.63) is 45.1 Å². The third kappa shape index (κ3) is 2.54. The molecular weight excluding hydrogens is 358 g/mol. The molecule has 0 aliphatic carbocycles. The van der Waals surface area contributed by atoms with Crippen molar-refractivity contribution in [2.75, 3.05) is 11.4 Å². The number of fused-ring (bicyclic) bond motifs is 1. The summed E-state index contributed by atoms with van der Waals surface area (Å²) in [5, 5.41) is 11.0. The second-order valence-corrected chi connectivity index (χ2v) is 6.20. The van der Waals surface area contributed by atoms with Crippen molar-refractivity contribution < 1.29 is 19.4 Å². The average Bonchev–Trinajstić information content (AvgIpc) is 2.91. The van der Waals surface area contributed by atoms with Crippen LogP contribution >= 0.6 is 27.3 Å². The molecule has 2 aromatic rings. The minimum Gasteiger partial charge on any atom is -0.478 e. The summed E-state index contributed by atoms with van der Waals surface area (Å²) in [7, 11) is 0. The highest BCUT2D eigenvalue weighted by Crippen LogP contribution is 2.35. The lowest BCUT2D eigenvalue weighted by Crippen LogP contribution is -2.47. The van der Waals surface area contributed by atoms with Crippen LogP contribution in [-0.4, -0.2) is 29.6 Å². The first-order chi connectivity index (χ1) is 10.1. The number of amides is 1. The third-order valence-corrected chi connectivity index (χ3v) is 4.93. The number of anilines is 1. The molecule has 1 aromatic heterocycles. The van der Waals surface area contributed by atoms with Crippen molar-refractivity contribution in [1.82, 2.24) is 0 Å². The second-order valence-electron chi connectivity index (χ2n) is 4.43. The standard InChI is InChI=1S/C14H10BrNO4S/c15-8-5-6-21-12(8)13(17)16-7-11(14(18)19)20-10-4-2-1-3-9(10)16/h1-6,11H,7H2,(H,18,19). The van der Waals surface area contributed by atoms with Gasteiger partial charge in [-0.05, 0) is 39.5 Å². The van der Waals surface area contributed by atoms with Crippen molar-refractivity contribution in [2.24, 2.45) is 0 Å². The maximum absolute atomic E-state index is 12.7. The molecule has 0 saturated carbocycles. The van der Waals surface area contributed by atoms with E-state index in [1.165, 1.54) is 16.2 Å². The molecule has 0 bridgehead atoms. The smallest absolute Gasteiger partial charge is 0.346 e. The molecule has 1 aromatic carbocycles. The fourth-order valence-corrected chi connectivity index (χ4v) is 3.61. The van der Waals surface area contributed by atoms with Gasteiger partial charge in [0, 0.05) is 4.47 Å². The van der Waals surface area contributed by atoms with Crippen molar-refractivity contribution >= 4 is 44.8 Å². The highest BCUT2D eigenvalue weighted by atomic mass is 79.9. The zero-order valence-corrected chi connectivity index (χ0v) is 13.1. The zero-order valence-electron chi connectivity index (χ0n) is 10.7. The van der Waals surface area contributed by atoms with Crippen LogP contribution in [-0.2, 0) is 4.79 Å². The number of aliphatic carboxylic acids is 1. The normalized spacial score (nSPS) is 17.0. The van der Waals surface area contributed by atoms with Crippen molar-refractivity contribution in [1.29, 1.82) is 0 Å². The van der Waals surface area contributed by atoms with Crippen LogP contribution in [0.3, 0.4) is 0 Å². The topological polar surface area (TPSA) is 66.8 Å². The Morgan fingerprint density at radius 1 is 1.33 bits per heavy atom. The monoisotopic (exact) mass is 367 g/mol. The molecule has 1 unspecified atom stereocenters. The van der Waals surface area contributed by atoms with Crippen LogP contribution in [0.5, 0.6) is 5.75 Å². The van der Waals surface area contributed by atoms with E-state index >= 15 is 0 Å². The van der Waals surface area contributed by atoms with Crippen LogP contribution in [0.4, 0.5) is 5.69 Å². The Morgan fingerprint density at radius 3 is 2.76 bits per heavy atom. The number of carboxylic acid groups (broad SMARTS) is 1. The number of halogens is 1. The average molecular weight is 368 g/mol. The number of para-hydroxylation sites is 2. The molecule has 21 heavy (non-hydrogen) atoms. The summed E-state index contributed by atoms with van der Waals surface area (Å²) in [5.74, 6) is -0.927. The van der Waals surface area contributed by atoms with Gasteiger partial charge >= 0.3 is 5.97 Å². The third-order valence-electron chi connectivity index (χ3n) is 3.11. The lowest BCUT2D eigenvalue weighted by atomic mass is 10.1. The first-order valence-electron chi connectivity index (χ1n) is 6.11. The Bertz CT molecular complexity index is 715. The molecule has 7 heteroatoms. The molecule has 1 N–H and O–H groups in total. The second kappa shape index (κ2) is 5.50. The number of carbonyl (C=O) groups is 2. The molecule has 0 fully saturated rings. The number of nitrogens with zero attached hydrogens (tertiary/aromatic N) is 1. The molecule has 1 amide bonds. The van der Waals surface area contributed by atoms with E-state index in [9.17, 15) is 14.7 Å². The van der Waals surface area contributed by atoms with Gasteiger partial charge in [-0.3, -0.25) is 9.69 Å². The lowest BCUT2D eigenvalue weighted by molar-refractivity contribution is -0.144. The van der Waals surface area contributed by atoms with E-state index in [2.05, 4.69) is 15.9 Å². The number of thiophene rings is 1. The molecule has 1 aliphatic heterocycles. The predicted octanol–water partition coefficient (Wildman–Crippen LogP) is 3.00. The van der Waals surface area contributed by atoms with E-state index in [0.29, 0.717) is 20.8 Å². The van der Waals surface area contributed by atoms with Crippen LogP contribution in [0.2, 0.25) is 0 Å². The number of benzene rings is 1. The van der Waals surface area contributed by atoms with Gasteiger partial charge < -0.3 is 9.84 Å². The van der Waals surface area contributed by atoms with Gasteiger partial charge in [0.05, 0.1) is 12.2 Å². The van der Waals surface area contributed by atoms with Gasteiger partial charge in [0.15, 0.2) is 0 Å². The summed E-state index contributed by atoms with van der Waals surface area (Å²) in [6.07, 6.45) is -1.07. The Kier molecular flexibility index (Phi) is 3.69. The summed E-state index contributed by atoms with van der Waals surface area (Å²) in [4.78, 5) is 25.9. The highest BCUT2D eigenvalue weighted by molar-refractivity contribution is 9.10. The van der Waals surface area contributed by atoms with Gasteiger partial charge in [0.1, 0.15) is 10.6 Å². The predicted molar refractivity (Wildman–Crippen MR) is 82.2 cm³/mol. The molecule has 1 atom stereocenters. The zero-order chi connectivity index (χ0) is 15.0. The lowest BCUT2D eigenvalue weighted by Gasteiger charge is -2.32. The first-order valence-corrected chi connectivity index (χ1v) is 7.78. The number of carboxylic acids is 1. The van der Waals surface area contributed by atoms with Gasteiger partial charge in [-0.15, -0.1) is 11.3 Å². The van der Waals surface area contributed by atoms with Crippen molar-refractivity contribution in [3.8, 4) is 5.75 Å². The molecule has 1 aliphatic rings. The fraction of sp³-hybridized carbons (Fsp3) is 0.143. The van der Waals surface area contributed by atoms with Gasteiger partial charge in [-0.1, -0.05) is 12.1 Å². The number of ether oxygens (including phenoxy) is 1. The van der Waals surface area contributed by atoms with E-state index < -0.39 is 12.1 Å². The van der Waals surface area contributed by atoms with Crippen molar-refractivity contribution in [3.63, 3.8) is 0 Å². The van der Waals surface area contributed by atoms with Crippen LogP contribution in [0, 0.1) is 0 Å². The number of rotatable bonds is 2. The van der Waals surface area contributed by atoms with Crippen LogP contribution in [0.25, 0.3) is 0 Å². The molecule has 5 nitrogen and oxygen atoms in total. The quantitative estimate of drug-likeness (QED) is 0.885. The molecule has 3 rings (SSSR count). The van der Waals surface area contributed by atoms with Crippen LogP contribution < -0.4 is 9.64 Å². The first kappa shape index (κ1) is 14.1. The Hall–Kier alpha value is -1.86. The van der Waals surface area contributed by atoms with Crippen LogP contribution in [0.1, 0.15) is 9.67 Å². The summed E-state index contributed by atoms with van der Waals surface area (Å²) in [6, 6.07) is 8.72. The maximum Gasteiger partial charge on any atom is 0.346 e. The Morgan fingerprint density at radius 2 is 2.10 bits per heavy atom. The summed E-state index contributed by atoms with van der Waals surface area (Å²) in [5.41, 5.74) is 0.584. The summed E-state index contributed by atoms with van der Waals surface area (Å²) in [6.45, 7) is -0.0183. The minimum atomic E-state index is -1.09. The van der Waals surface area contributed by atoms with Gasteiger partial charge in [0.2, 0.25) is 6.10 Å². The summed E-state index contributed by atoms with van der Waals surface area (Å²) < 4.78 is 6.12. The molecule has 0 saturated heterocycles. The molecule has 108 valence electrons. The molecule has 0 spiro atoms. The Balaban J connectivity index is 2.02. The van der Waals surface area contributed by atoms with E-state index in [-0.39, 0.29) is 12.5 Å². The van der Waals surface area contributed by atoms with Gasteiger partial charge in [0.25, 0.3) is 5.91 Å². The molecule has 2 heterocycles. The maximum atomic E-state index is 12.7. The van der Waals surface area contributed by atoms with E-state index in [0.717, 1.165) is 0 Å². The number of hydrogen-bond acceptors (Lipinski definition) is 4. The van der Waals surface area contributed by atoms with Crippen molar-refractivity contribution in [2.45, 2.75) is 6.10 Å². The highest BCUT2D eigenvalue weighted by Gasteiger charge is 2.34.